The van der Waals surface area contributed by atoms with Crippen LogP contribution in [-0.4, -0.2) is 18.6 Å². The first kappa shape index (κ1) is 12.7. The lowest BCUT2D eigenvalue weighted by atomic mass is 10.2. The fourth-order valence-corrected chi connectivity index (χ4v) is 1.15. The first-order valence-electron chi connectivity index (χ1n) is 5.38. The van der Waals surface area contributed by atoms with E-state index in [4.69, 9.17) is 4.84 Å². The normalized spacial score (nSPS) is 12.2. The summed E-state index contributed by atoms with van der Waals surface area (Å²) in [5.41, 5.74) is 4.61. The third-order valence-corrected chi connectivity index (χ3v) is 2.12. The van der Waals surface area contributed by atoms with E-state index in [0.717, 1.165) is 5.69 Å². The Kier molecular flexibility index (Phi) is 4.95. The fourth-order valence-electron chi connectivity index (χ4n) is 1.15. The third kappa shape index (κ3) is 4.00. The molecule has 0 heterocycles. The second kappa shape index (κ2) is 6.25. The van der Waals surface area contributed by atoms with Crippen LogP contribution in [0.4, 0.5) is 5.69 Å². The SMILES string of the molecule is CCONC(C)C(=O)Nc1ccc(C)cc1. The predicted octanol–water partition coefficient (Wildman–Crippen LogP) is 1.86. The van der Waals surface area contributed by atoms with Gasteiger partial charge in [0.25, 0.3) is 0 Å². The highest BCUT2D eigenvalue weighted by Gasteiger charge is 2.11. The van der Waals surface area contributed by atoms with Crippen LogP contribution in [0.1, 0.15) is 19.4 Å². The van der Waals surface area contributed by atoms with Gasteiger partial charge in [-0.2, -0.15) is 5.48 Å². The first-order chi connectivity index (χ1) is 7.63. The van der Waals surface area contributed by atoms with Gasteiger partial charge in [-0.25, -0.2) is 0 Å². The van der Waals surface area contributed by atoms with Gasteiger partial charge >= 0.3 is 0 Å². The molecule has 0 saturated heterocycles. The number of carbonyl (C=O) groups excluding carboxylic acids is 1. The summed E-state index contributed by atoms with van der Waals surface area (Å²) >= 11 is 0. The molecule has 0 spiro atoms. The highest BCUT2D eigenvalue weighted by Crippen LogP contribution is 2.08. The van der Waals surface area contributed by atoms with E-state index in [1.807, 2.05) is 38.1 Å². The first-order valence-corrected chi connectivity index (χ1v) is 5.38. The van der Waals surface area contributed by atoms with Crippen LogP contribution in [0, 0.1) is 6.92 Å². The maximum Gasteiger partial charge on any atom is 0.243 e. The average molecular weight is 222 g/mol. The van der Waals surface area contributed by atoms with Crippen LogP contribution in [0.25, 0.3) is 0 Å². The summed E-state index contributed by atoms with van der Waals surface area (Å²) in [6.07, 6.45) is 0. The molecule has 0 aliphatic heterocycles. The van der Waals surface area contributed by atoms with Crippen molar-refractivity contribution in [3.8, 4) is 0 Å². The molecule has 16 heavy (non-hydrogen) atoms. The summed E-state index contributed by atoms with van der Waals surface area (Å²) in [5.74, 6) is -0.114. The van der Waals surface area contributed by atoms with Crippen LogP contribution in [0.3, 0.4) is 0 Å². The smallest absolute Gasteiger partial charge is 0.243 e. The quantitative estimate of drug-likeness (QED) is 0.748. The van der Waals surface area contributed by atoms with Gasteiger partial charge in [-0.3, -0.25) is 4.79 Å². The largest absolute Gasteiger partial charge is 0.325 e. The second-order valence-electron chi connectivity index (χ2n) is 3.63. The lowest BCUT2D eigenvalue weighted by Gasteiger charge is -2.13. The average Bonchev–Trinajstić information content (AvgIpc) is 2.29. The van der Waals surface area contributed by atoms with Gasteiger partial charge in [0.1, 0.15) is 6.04 Å². The number of amides is 1. The molecule has 88 valence electrons. The monoisotopic (exact) mass is 222 g/mol. The topological polar surface area (TPSA) is 50.4 Å². The molecule has 0 aromatic heterocycles. The van der Waals surface area contributed by atoms with Crippen molar-refractivity contribution >= 4 is 11.6 Å². The minimum Gasteiger partial charge on any atom is -0.325 e. The molecule has 2 N–H and O–H groups in total. The van der Waals surface area contributed by atoms with Crippen LogP contribution < -0.4 is 10.8 Å². The number of hydrogen-bond donors (Lipinski definition) is 2. The Morgan fingerprint density at radius 3 is 2.56 bits per heavy atom. The van der Waals surface area contributed by atoms with Gasteiger partial charge in [-0.1, -0.05) is 17.7 Å². The van der Waals surface area contributed by atoms with Crippen molar-refractivity contribution < 1.29 is 9.63 Å². The molecule has 0 saturated carbocycles. The summed E-state index contributed by atoms with van der Waals surface area (Å²) in [6, 6.07) is 7.29. The highest BCUT2D eigenvalue weighted by atomic mass is 16.6. The Labute approximate surface area is 95.9 Å². The molecular formula is C12H18N2O2. The molecular weight excluding hydrogens is 204 g/mol. The van der Waals surface area contributed by atoms with Crippen LogP contribution in [0.15, 0.2) is 24.3 Å². The predicted molar refractivity (Wildman–Crippen MR) is 64.0 cm³/mol. The number of hydrogen-bond acceptors (Lipinski definition) is 3. The Bertz CT molecular complexity index is 335. The number of aryl methyl sites for hydroxylation is 1. The summed E-state index contributed by atoms with van der Waals surface area (Å²) in [5, 5.41) is 2.80. The molecule has 1 aromatic rings. The summed E-state index contributed by atoms with van der Waals surface area (Å²) < 4.78 is 0. The molecule has 1 unspecified atom stereocenters. The Morgan fingerprint density at radius 1 is 1.38 bits per heavy atom. The number of hydroxylamine groups is 1. The Hall–Kier alpha value is -1.39. The zero-order chi connectivity index (χ0) is 12.0. The highest BCUT2D eigenvalue weighted by molar-refractivity contribution is 5.94. The summed E-state index contributed by atoms with van der Waals surface area (Å²) in [4.78, 5) is 16.6. The van der Waals surface area contributed by atoms with Gasteiger partial charge in [-0.15, -0.1) is 0 Å². The van der Waals surface area contributed by atoms with E-state index in [9.17, 15) is 4.79 Å². The number of anilines is 1. The number of rotatable bonds is 5. The lowest BCUT2D eigenvalue weighted by molar-refractivity contribution is -0.121. The number of carbonyl (C=O) groups is 1. The van der Waals surface area contributed by atoms with E-state index < -0.39 is 0 Å². The van der Waals surface area contributed by atoms with Crippen LogP contribution in [-0.2, 0) is 9.63 Å². The molecule has 0 aliphatic rings. The van der Waals surface area contributed by atoms with Crippen molar-refractivity contribution in [2.24, 2.45) is 0 Å². The van der Waals surface area contributed by atoms with Crippen molar-refractivity contribution in [2.45, 2.75) is 26.8 Å². The molecule has 4 heteroatoms. The Morgan fingerprint density at radius 2 is 2.00 bits per heavy atom. The number of benzene rings is 1. The van der Waals surface area contributed by atoms with Gasteiger partial charge in [0.2, 0.25) is 5.91 Å². The molecule has 0 aliphatic carbocycles. The van der Waals surface area contributed by atoms with Crippen molar-refractivity contribution in [1.29, 1.82) is 0 Å². The third-order valence-electron chi connectivity index (χ3n) is 2.12. The van der Waals surface area contributed by atoms with Gasteiger partial charge in [0.15, 0.2) is 0 Å². The van der Waals surface area contributed by atoms with Crippen molar-refractivity contribution in [3.05, 3.63) is 29.8 Å². The molecule has 0 fully saturated rings. The van der Waals surface area contributed by atoms with Crippen molar-refractivity contribution in [2.75, 3.05) is 11.9 Å². The lowest BCUT2D eigenvalue weighted by Crippen LogP contribution is -2.38. The van der Waals surface area contributed by atoms with E-state index in [2.05, 4.69) is 10.8 Å². The van der Waals surface area contributed by atoms with E-state index in [1.165, 1.54) is 5.56 Å². The molecule has 1 amide bonds. The van der Waals surface area contributed by atoms with Gasteiger partial charge in [-0.05, 0) is 32.9 Å². The van der Waals surface area contributed by atoms with Crippen molar-refractivity contribution in [1.82, 2.24) is 5.48 Å². The van der Waals surface area contributed by atoms with Crippen molar-refractivity contribution in [3.63, 3.8) is 0 Å². The van der Waals surface area contributed by atoms with E-state index in [1.54, 1.807) is 6.92 Å². The molecule has 4 nitrogen and oxygen atoms in total. The zero-order valence-corrected chi connectivity index (χ0v) is 9.91. The number of nitrogens with one attached hydrogen (secondary N) is 2. The molecule has 0 radical (unpaired) electrons. The zero-order valence-electron chi connectivity index (χ0n) is 9.91. The summed E-state index contributed by atoms with van der Waals surface area (Å²) in [7, 11) is 0. The molecule has 0 bridgehead atoms. The maximum absolute atomic E-state index is 11.6. The van der Waals surface area contributed by atoms with Gasteiger partial charge in [0, 0.05) is 5.69 Å². The van der Waals surface area contributed by atoms with Crippen LogP contribution >= 0.6 is 0 Å². The minimum absolute atomic E-state index is 0.114. The molecule has 1 atom stereocenters. The maximum atomic E-state index is 11.6. The molecule has 1 rings (SSSR count). The fraction of sp³-hybridized carbons (Fsp3) is 0.417. The van der Waals surface area contributed by atoms with Gasteiger partial charge < -0.3 is 10.2 Å². The molecule has 1 aromatic carbocycles. The second-order valence-corrected chi connectivity index (χ2v) is 3.63. The van der Waals surface area contributed by atoms with E-state index in [-0.39, 0.29) is 11.9 Å². The minimum atomic E-state index is -0.374. The standard InChI is InChI=1S/C12H18N2O2/c1-4-16-14-10(3)12(15)13-11-7-5-9(2)6-8-11/h5-8,10,14H,4H2,1-3H3,(H,13,15). The van der Waals surface area contributed by atoms with E-state index >= 15 is 0 Å². The van der Waals surface area contributed by atoms with Crippen LogP contribution in [0.5, 0.6) is 0 Å². The van der Waals surface area contributed by atoms with E-state index in [0.29, 0.717) is 6.61 Å². The Balaban J connectivity index is 2.47. The van der Waals surface area contributed by atoms with Crippen LogP contribution in [0.2, 0.25) is 0 Å². The summed E-state index contributed by atoms with van der Waals surface area (Å²) in [6.45, 7) is 6.14. The van der Waals surface area contributed by atoms with Gasteiger partial charge in [0.05, 0.1) is 6.61 Å².